The molecule has 0 aromatic heterocycles. The topological polar surface area (TPSA) is 104 Å². The van der Waals surface area contributed by atoms with Crippen LogP contribution in [-0.2, 0) is 24.8 Å². The number of nitrogens with one attached hydrogen (secondary N) is 1. The molecule has 0 radical (unpaired) electrons. The zero-order valence-corrected chi connectivity index (χ0v) is 20.5. The zero-order chi connectivity index (χ0) is 23.9. The number of carbonyl (C=O) groups is 1. The highest BCUT2D eigenvalue weighted by Crippen LogP contribution is 2.37. The van der Waals surface area contributed by atoms with Crippen LogP contribution in [0.3, 0.4) is 0 Å². The monoisotopic (exact) mass is 479 g/mol. The van der Waals surface area contributed by atoms with Crippen molar-refractivity contribution in [1.29, 1.82) is 0 Å². The normalized spacial score (nSPS) is 17.4. The van der Waals surface area contributed by atoms with Crippen LogP contribution in [0.15, 0.2) is 47.4 Å². The molecule has 0 atom stereocenters. The summed E-state index contributed by atoms with van der Waals surface area (Å²) >= 11 is 0. The van der Waals surface area contributed by atoms with Crippen molar-refractivity contribution < 1.29 is 21.6 Å². The van der Waals surface area contributed by atoms with Crippen molar-refractivity contribution in [3.63, 3.8) is 0 Å². The predicted octanol–water partition coefficient (Wildman–Crippen LogP) is 3.34. The number of nitrogens with zero attached hydrogens (tertiary/aromatic N) is 2. The lowest BCUT2D eigenvalue weighted by atomic mass is 9.95. The number of sulfonamides is 2. The number of hydrogen-bond acceptors (Lipinski definition) is 6. The minimum atomic E-state index is -3.91. The first-order valence-corrected chi connectivity index (χ1v) is 13.5. The first kappa shape index (κ1) is 24.1. The van der Waals surface area contributed by atoms with E-state index in [2.05, 4.69) is 23.5 Å². The highest BCUT2D eigenvalue weighted by atomic mass is 32.2. The van der Waals surface area contributed by atoms with Gasteiger partial charge in [0.05, 0.1) is 21.8 Å². The van der Waals surface area contributed by atoms with Crippen LogP contribution in [0, 0.1) is 12.3 Å². The van der Waals surface area contributed by atoms with E-state index in [0.29, 0.717) is 11.3 Å². The van der Waals surface area contributed by atoms with E-state index in [4.69, 9.17) is 0 Å². The fourth-order valence-corrected chi connectivity index (χ4v) is 7.25. The summed E-state index contributed by atoms with van der Waals surface area (Å²) in [5.74, 6) is -0.817. The Balaban J connectivity index is 1.88. The Kier molecular flexibility index (Phi) is 6.32. The molecule has 0 aliphatic carbocycles. The zero-order valence-electron chi connectivity index (χ0n) is 18.9. The van der Waals surface area contributed by atoms with E-state index in [1.807, 2.05) is 12.1 Å². The molecule has 1 aliphatic rings. The molecule has 174 valence electrons. The number of benzene rings is 2. The Morgan fingerprint density at radius 3 is 2.12 bits per heavy atom. The minimum absolute atomic E-state index is 0.0115. The Morgan fingerprint density at radius 1 is 1.06 bits per heavy atom. The van der Waals surface area contributed by atoms with Gasteiger partial charge in [-0.05, 0) is 82.6 Å². The Bertz CT molecular complexity index is 1230. The van der Waals surface area contributed by atoms with Gasteiger partial charge in [0, 0.05) is 24.5 Å². The van der Waals surface area contributed by atoms with E-state index in [0.717, 1.165) is 23.1 Å². The van der Waals surface area contributed by atoms with Gasteiger partial charge in [-0.3, -0.25) is 9.52 Å². The molecule has 1 N–H and O–H groups in total. The second kappa shape index (κ2) is 8.40. The van der Waals surface area contributed by atoms with Crippen molar-refractivity contribution in [2.24, 2.45) is 5.41 Å². The Labute approximate surface area is 190 Å². The smallest absolute Gasteiger partial charge is 0.262 e. The number of rotatable bonds is 7. The molecule has 2 aromatic carbocycles. The van der Waals surface area contributed by atoms with Gasteiger partial charge < -0.3 is 4.90 Å². The van der Waals surface area contributed by atoms with Crippen molar-refractivity contribution in [2.75, 3.05) is 32.8 Å². The van der Waals surface area contributed by atoms with E-state index in [1.54, 1.807) is 32.9 Å². The number of hydrogen-bond donors (Lipinski definition) is 1. The van der Waals surface area contributed by atoms with Crippen molar-refractivity contribution in [3.05, 3.63) is 48.0 Å². The van der Waals surface area contributed by atoms with Gasteiger partial charge in [-0.1, -0.05) is 0 Å². The summed E-state index contributed by atoms with van der Waals surface area (Å²) in [6.45, 7) is 10.5. The first-order chi connectivity index (χ1) is 14.8. The van der Waals surface area contributed by atoms with Gasteiger partial charge in [-0.15, -0.1) is 0 Å². The first-order valence-electron chi connectivity index (χ1n) is 10.4. The quantitative estimate of drug-likeness (QED) is 0.653. The lowest BCUT2D eigenvalue weighted by Gasteiger charge is -2.21. The fourth-order valence-electron chi connectivity index (χ4n) is 3.86. The van der Waals surface area contributed by atoms with Crippen LogP contribution in [-0.4, -0.2) is 41.6 Å². The SMILES string of the molecule is CCN(CC)c1ccc(NS(=O)(=O)c2ccc(N3C(=O)C(C)(C)CS3(=O)=O)cc2C)cc1. The van der Waals surface area contributed by atoms with E-state index >= 15 is 0 Å². The van der Waals surface area contributed by atoms with Crippen LogP contribution in [0.1, 0.15) is 33.3 Å². The van der Waals surface area contributed by atoms with Crippen LogP contribution < -0.4 is 13.9 Å². The molecule has 8 nitrogen and oxygen atoms in total. The molecule has 1 fully saturated rings. The lowest BCUT2D eigenvalue weighted by Crippen LogP contribution is -2.33. The highest BCUT2D eigenvalue weighted by Gasteiger charge is 2.50. The maximum Gasteiger partial charge on any atom is 0.262 e. The number of carbonyl (C=O) groups excluding carboxylic acids is 1. The molecule has 32 heavy (non-hydrogen) atoms. The summed E-state index contributed by atoms with van der Waals surface area (Å²) in [4.78, 5) is 14.8. The predicted molar refractivity (Wildman–Crippen MR) is 127 cm³/mol. The highest BCUT2D eigenvalue weighted by molar-refractivity contribution is 7.94. The molecular formula is C22H29N3O5S2. The van der Waals surface area contributed by atoms with Crippen LogP contribution >= 0.6 is 0 Å². The summed E-state index contributed by atoms with van der Waals surface area (Å²) in [5.41, 5.74) is 0.862. The van der Waals surface area contributed by atoms with Crippen LogP contribution in [0.25, 0.3) is 0 Å². The number of anilines is 3. The lowest BCUT2D eigenvalue weighted by molar-refractivity contribution is -0.123. The van der Waals surface area contributed by atoms with Gasteiger partial charge in [0.2, 0.25) is 15.9 Å². The standard InChI is InChI=1S/C22H29N3O5S2/c1-6-24(7-2)18-10-8-17(9-11-18)23-32(29,30)20-13-12-19(14-16(20)3)25-21(26)22(4,5)15-31(25,27)28/h8-14,23H,6-7,15H2,1-5H3. The van der Waals surface area contributed by atoms with Crippen LogP contribution in [0.5, 0.6) is 0 Å². The van der Waals surface area contributed by atoms with Crippen molar-refractivity contribution in [2.45, 2.75) is 39.5 Å². The van der Waals surface area contributed by atoms with Gasteiger partial charge >= 0.3 is 0 Å². The van der Waals surface area contributed by atoms with Gasteiger partial charge in [-0.25, -0.2) is 21.1 Å². The summed E-state index contributed by atoms with van der Waals surface area (Å²) in [6, 6.07) is 11.2. The molecular weight excluding hydrogens is 450 g/mol. The minimum Gasteiger partial charge on any atom is -0.372 e. The van der Waals surface area contributed by atoms with Crippen LogP contribution in [0.4, 0.5) is 17.1 Å². The van der Waals surface area contributed by atoms with Gasteiger partial charge in [-0.2, -0.15) is 0 Å². The largest absolute Gasteiger partial charge is 0.372 e. The Morgan fingerprint density at radius 2 is 1.66 bits per heavy atom. The molecule has 0 bridgehead atoms. The Hall–Kier alpha value is -2.59. The molecule has 1 saturated heterocycles. The third-order valence-corrected chi connectivity index (χ3v) is 9.08. The summed E-state index contributed by atoms with van der Waals surface area (Å²) in [6.07, 6.45) is 0. The van der Waals surface area contributed by atoms with Crippen molar-refractivity contribution >= 4 is 43.0 Å². The molecule has 0 unspecified atom stereocenters. The maximum absolute atomic E-state index is 13.0. The molecule has 10 heteroatoms. The third-order valence-electron chi connectivity index (χ3n) is 5.52. The molecule has 0 saturated carbocycles. The summed E-state index contributed by atoms with van der Waals surface area (Å²) < 4.78 is 54.3. The molecule has 1 aliphatic heterocycles. The second-order valence-corrected chi connectivity index (χ2v) is 12.0. The van der Waals surface area contributed by atoms with Crippen molar-refractivity contribution in [1.82, 2.24) is 0 Å². The van der Waals surface area contributed by atoms with Gasteiger partial charge in [0.15, 0.2) is 0 Å². The van der Waals surface area contributed by atoms with Gasteiger partial charge in [0.25, 0.3) is 10.0 Å². The van der Waals surface area contributed by atoms with Gasteiger partial charge in [0.1, 0.15) is 0 Å². The number of amides is 1. The molecule has 1 amide bonds. The average molecular weight is 480 g/mol. The summed E-state index contributed by atoms with van der Waals surface area (Å²) in [5, 5.41) is 0. The second-order valence-electron chi connectivity index (χ2n) is 8.48. The average Bonchev–Trinajstić information content (AvgIpc) is 2.85. The maximum atomic E-state index is 13.0. The third kappa shape index (κ3) is 4.47. The van der Waals surface area contributed by atoms with E-state index in [-0.39, 0.29) is 16.3 Å². The summed E-state index contributed by atoms with van der Waals surface area (Å²) in [7, 11) is -7.72. The van der Waals surface area contributed by atoms with Crippen LogP contribution in [0.2, 0.25) is 0 Å². The van der Waals surface area contributed by atoms with E-state index < -0.39 is 31.4 Å². The molecule has 0 spiro atoms. The van der Waals surface area contributed by atoms with Crippen molar-refractivity contribution in [3.8, 4) is 0 Å². The van der Waals surface area contributed by atoms with E-state index in [9.17, 15) is 21.6 Å². The number of aryl methyl sites for hydroxylation is 1. The molecule has 2 aromatic rings. The molecule has 1 heterocycles. The molecule has 3 rings (SSSR count). The fraction of sp³-hybridized carbons (Fsp3) is 0.409. The van der Waals surface area contributed by atoms with E-state index in [1.165, 1.54) is 18.2 Å².